The van der Waals surface area contributed by atoms with Crippen molar-refractivity contribution in [2.24, 2.45) is 17.3 Å². The molecule has 1 N–H and O–H groups in total. The third-order valence-corrected chi connectivity index (χ3v) is 3.99. The molecule has 0 aliphatic carbocycles. The Morgan fingerprint density at radius 2 is 1.93 bits per heavy atom. The molecule has 2 fully saturated rings. The molecule has 0 spiro atoms. The molecule has 5 unspecified atom stereocenters. The molecule has 2 rings (SSSR count). The minimum Gasteiger partial charge on any atom is -0.378 e. The average molecular weight is 211 g/mol. The fraction of sp³-hybridized carbons (Fsp3) is 1.00. The molecule has 2 nitrogen and oxygen atoms in total. The molecular formula is C13H25NO. The van der Waals surface area contributed by atoms with Gasteiger partial charge in [0.1, 0.15) is 0 Å². The lowest BCUT2D eigenvalue weighted by molar-refractivity contribution is 0.0906. The molecular weight excluding hydrogens is 186 g/mol. The van der Waals surface area contributed by atoms with E-state index in [0.717, 1.165) is 18.4 Å². The van der Waals surface area contributed by atoms with Gasteiger partial charge in [-0.15, -0.1) is 0 Å². The van der Waals surface area contributed by atoms with Crippen molar-refractivity contribution >= 4 is 0 Å². The van der Waals surface area contributed by atoms with Crippen LogP contribution in [0.25, 0.3) is 0 Å². The topological polar surface area (TPSA) is 21.3 Å². The Hall–Kier alpha value is -0.0800. The van der Waals surface area contributed by atoms with Crippen LogP contribution in [0.4, 0.5) is 0 Å². The van der Waals surface area contributed by atoms with E-state index in [9.17, 15) is 0 Å². The number of hydrogen-bond acceptors (Lipinski definition) is 2. The molecule has 0 radical (unpaired) electrons. The number of rotatable bonds is 1. The summed E-state index contributed by atoms with van der Waals surface area (Å²) in [6, 6.07) is 1.29. The van der Waals surface area contributed by atoms with Gasteiger partial charge in [0.05, 0.1) is 12.7 Å². The highest BCUT2D eigenvalue weighted by molar-refractivity contribution is 5.01. The van der Waals surface area contributed by atoms with Crippen molar-refractivity contribution in [3.05, 3.63) is 0 Å². The van der Waals surface area contributed by atoms with Crippen LogP contribution in [0, 0.1) is 17.3 Å². The Morgan fingerprint density at radius 1 is 1.27 bits per heavy atom. The molecule has 0 aromatic carbocycles. The summed E-state index contributed by atoms with van der Waals surface area (Å²) in [7, 11) is 0. The quantitative estimate of drug-likeness (QED) is 0.719. The molecule has 2 heterocycles. The molecule has 0 aromatic heterocycles. The van der Waals surface area contributed by atoms with E-state index in [1.807, 2.05) is 0 Å². The van der Waals surface area contributed by atoms with E-state index < -0.39 is 0 Å². The van der Waals surface area contributed by atoms with Crippen LogP contribution < -0.4 is 5.32 Å². The maximum atomic E-state index is 5.79. The third-order valence-electron chi connectivity index (χ3n) is 3.99. The van der Waals surface area contributed by atoms with E-state index in [2.05, 4.69) is 39.9 Å². The highest BCUT2D eigenvalue weighted by Gasteiger charge is 2.48. The van der Waals surface area contributed by atoms with Crippen LogP contribution in [-0.2, 0) is 4.74 Å². The maximum absolute atomic E-state index is 5.79. The van der Waals surface area contributed by atoms with E-state index in [1.54, 1.807) is 0 Å². The summed E-state index contributed by atoms with van der Waals surface area (Å²) in [6.07, 6.45) is 1.71. The van der Waals surface area contributed by atoms with Gasteiger partial charge >= 0.3 is 0 Å². The van der Waals surface area contributed by atoms with Crippen LogP contribution in [0.15, 0.2) is 0 Å². The molecule has 0 saturated carbocycles. The van der Waals surface area contributed by atoms with Crippen molar-refractivity contribution in [2.45, 2.75) is 59.2 Å². The molecule has 2 aliphatic rings. The number of nitrogens with one attached hydrogen (secondary N) is 1. The first-order valence-electron chi connectivity index (χ1n) is 6.26. The van der Waals surface area contributed by atoms with Gasteiger partial charge in [0, 0.05) is 23.9 Å². The number of hydrogen-bond donors (Lipinski definition) is 1. The smallest absolute Gasteiger partial charge is 0.0594 e. The zero-order valence-corrected chi connectivity index (χ0v) is 10.7. The van der Waals surface area contributed by atoms with Gasteiger partial charge in [-0.3, -0.25) is 0 Å². The summed E-state index contributed by atoms with van der Waals surface area (Å²) in [5.74, 6) is 1.48. The zero-order valence-electron chi connectivity index (χ0n) is 10.7. The summed E-state index contributed by atoms with van der Waals surface area (Å²) in [6.45, 7) is 12.5. The highest BCUT2D eigenvalue weighted by atomic mass is 16.5. The van der Waals surface area contributed by atoms with Crippen LogP contribution in [-0.4, -0.2) is 24.8 Å². The lowest BCUT2D eigenvalue weighted by atomic mass is 9.80. The predicted molar refractivity (Wildman–Crippen MR) is 62.9 cm³/mol. The summed E-state index contributed by atoms with van der Waals surface area (Å²) in [5.41, 5.74) is 0.415. The van der Waals surface area contributed by atoms with Gasteiger partial charge < -0.3 is 10.1 Å². The summed E-state index contributed by atoms with van der Waals surface area (Å²) in [4.78, 5) is 0. The Labute approximate surface area is 93.8 Å². The van der Waals surface area contributed by atoms with Crippen LogP contribution in [0.3, 0.4) is 0 Å². The Bertz CT molecular complexity index is 233. The van der Waals surface area contributed by atoms with Crippen molar-refractivity contribution < 1.29 is 4.74 Å². The maximum Gasteiger partial charge on any atom is 0.0594 e. The largest absolute Gasteiger partial charge is 0.378 e. The second-order valence-electron chi connectivity index (χ2n) is 6.61. The Morgan fingerprint density at radius 3 is 2.53 bits per heavy atom. The standard InChI is InChI=1S/C13H25NO/c1-8-12-9(2)15-7-10(12)11(14-8)6-13(3,4)5/h8-12,14H,6-7H2,1-5H3. The fourth-order valence-electron chi connectivity index (χ4n) is 3.44. The molecule has 0 bridgehead atoms. The van der Waals surface area contributed by atoms with Gasteiger partial charge in [-0.2, -0.15) is 0 Å². The third kappa shape index (κ3) is 2.21. The van der Waals surface area contributed by atoms with E-state index in [0.29, 0.717) is 23.6 Å². The highest BCUT2D eigenvalue weighted by Crippen LogP contribution is 2.40. The fourth-order valence-corrected chi connectivity index (χ4v) is 3.44. The first kappa shape index (κ1) is 11.4. The first-order chi connectivity index (χ1) is 6.88. The van der Waals surface area contributed by atoms with Crippen molar-refractivity contribution in [2.75, 3.05) is 6.61 Å². The van der Waals surface area contributed by atoms with Gasteiger partial charge in [-0.05, 0) is 25.7 Å². The second kappa shape index (κ2) is 3.74. The molecule has 2 saturated heterocycles. The van der Waals surface area contributed by atoms with E-state index in [4.69, 9.17) is 4.74 Å². The predicted octanol–water partition coefficient (Wildman–Crippen LogP) is 2.43. The summed E-state index contributed by atoms with van der Waals surface area (Å²) >= 11 is 0. The van der Waals surface area contributed by atoms with Crippen LogP contribution in [0.2, 0.25) is 0 Å². The average Bonchev–Trinajstić information content (AvgIpc) is 2.54. The van der Waals surface area contributed by atoms with E-state index in [-0.39, 0.29) is 0 Å². The molecule has 2 aliphatic heterocycles. The lowest BCUT2D eigenvalue weighted by Crippen LogP contribution is -2.35. The first-order valence-corrected chi connectivity index (χ1v) is 6.26. The van der Waals surface area contributed by atoms with Crippen LogP contribution >= 0.6 is 0 Å². The number of fused-ring (bicyclic) bond motifs is 1. The normalized spacial score (nSPS) is 45.8. The summed E-state index contributed by atoms with van der Waals surface area (Å²) < 4.78 is 5.79. The van der Waals surface area contributed by atoms with Gasteiger partial charge in [0.25, 0.3) is 0 Å². The van der Waals surface area contributed by atoms with Gasteiger partial charge in [-0.25, -0.2) is 0 Å². The molecule has 88 valence electrons. The van der Waals surface area contributed by atoms with Gasteiger partial charge in [0.2, 0.25) is 0 Å². The SMILES string of the molecule is CC1NC(CC(C)(C)C)C2COC(C)C12. The van der Waals surface area contributed by atoms with Gasteiger partial charge in [-0.1, -0.05) is 20.8 Å². The zero-order chi connectivity index (χ0) is 11.2. The summed E-state index contributed by atoms with van der Waals surface area (Å²) in [5, 5.41) is 3.76. The molecule has 0 aromatic rings. The van der Waals surface area contributed by atoms with Crippen molar-refractivity contribution in [3.8, 4) is 0 Å². The molecule has 5 atom stereocenters. The molecule has 15 heavy (non-hydrogen) atoms. The van der Waals surface area contributed by atoms with Crippen molar-refractivity contribution in [3.63, 3.8) is 0 Å². The second-order valence-corrected chi connectivity index (χ2v) is 6.61. The van der Waals surface area contributed by atoms with Crippen molar-refractivity contribution in [1.82, 2.24) is 5.32 Å². The van der Waals surface area contributed by atoms with Crippen LogP contribution in [0.1, 0.15) is 41.0 Å². The molecule has 2 heteroatoms. The minimum atomic E-state index is 0.415. The van der Waals surface area contributed by atoms with Crippen LogP contribution in [0.5, 0.6) is 0 Å². The van der Waals surface area contributed by atoms with E-state index in [1.165, 1.54) is 6.42 Å². The Balaban J connectivity index is 2.04. The lowest BCUT2D eigenvalue weighted by Gasteiger charge is -2.26. The monoisotopic (exact) mass is 211 g/mol. The van der Waals surface area contributed by atoms with Gasteiger partial charge in [0.15, 0.2) is 0 Å². The van der Waals surface area contributed by atoms with E-state index >= 15 is 0 Å². The molecule has 0 amide bonds. The van der Waals surface area contributed by atoms with Crippen molar-refractivity contribution in [1.29, 1.82) is 0 Å². The Kier molecular flexibility index (Phi) is 2.85. The number of ether oxygens (including phenoxy) is 1. The minimum absolute atomic E-state index is 0.415.